The molecule has 0 fully saturated rings. The second-order valence-electron chi connectivity index (χ2n) is 2.27. The van der Waals surface area contributed by atoms with Gasteiger partial charge in [0, 0.05) is 6.07 Å². The Balaban J connectivity index is 3.21. The van der Waals surface area contributed by atoms with Crippen molar-refractivity contribution in [2.45, 2.75) is 6.92 Å². The van der Waals surface area contributed by atoms with Gasteiger partial charge in [0.1, 0.15) is 11.5 Å². The number of phenolic OH excluding ortho intramolecular Hbond substituents is 1. The first-order valence-electron chi connectivity index (χ1n) is 3.18. The van der Waals surface area contributed by atoms with Crippen LogP contribution < -0.4 is 4.74 Å². The average Bonchev–Trinajstić information content (AvgIpc) is 1.97. The summed E-state index contributed by atoms with van der Waals surface area (Å²) in [6, 6.07) is 3.16. The fourth-order valence-corrected chi connectivity index (χ4v) is 1.09. The lowest BCUT2D eigenvalue weighted by Gasteiger charge is -2.04. The van der Waals surface area contributed by atoms with E-state index in [2.05, 4.69) is 0 Å². The number of methoxy groups -OCH3 is 1. The molecule has 0 spiro atoms. The van der Waals surface area contributed by atoms with Crippen molar-refractivity contribution < 1.29 is 9.84 Å². The lowest BCUT2D eigenvalue weighted by Crippen LogP contribution is -1.84. The molecule has 0 radical (unpaired) electrons. The maximum Gasteiger partial charge on any atom is 0.141 e. The Kier molecular flexibility index (Phi) is 2.25. The summed E-state index contributed by atoms with van der Waals surface area (Å²) in [5.41, 5.74) is 0.746. The zero-order valence-corrected chi connectivity index (χ0v) is 7.14. The summed E-state index contributed by atoms with van der Waals surface area (Å²) in [4.78, 5) is 0. The van der Waals surface area contributed by atoms with E-state index in [1.54, 1.807) is 13.0 Å². The van der Waals surface area contributed by atoms with Crippen LogP contribution in [0.3, 0.4) is 0 Å². The van der Waals surface area contributed by atoms with Crippen LogP contribution in [0.1, 0.15) is 5.56 Å². The van der Waals surface area contributed by atoms with Crippen LogP contribution in [0.25, 0.3) is 0 Å². The van der Waals surface area contributed by atoms with Crippen LogP contribution in [-0.2, 0) is 0 Å². The molecule has 0 saturated carbocycles. The van der Waals surface area contributed by atoms with E-state index in [4.69, 9.17) is 16.3 Å². The van der Waals surface area contributed by atoms with Crippen LogP contribution in [0, 0.1) is 6.92 Å². The highest BCUT2D eigenvalue weighted by molar-refractivity contribution is 6.32. The van der Waals surface area contributed by atoms with Gasteiger partial charge in [-0.25, -0.2) is 0 Å². The van der Waals surface area contributed by atoms with Gasteiger partial charge in [0.2, 0.25) is 0 Å². The summed E-state index contributed by atoms with van der Waals surface area (Å²) >= 11 is 5.77. The van der Waals surface area contributed by atoms with E-state index < -0.39 is 0 Å². The van der Waals surface area contributed by atoms with Gasteiger partial charge in [0.05, 0.1) is 12.1 Å². The van der Waals surface area contributed by atoms with Gasteiger partial charge in [-0.3, -0.25) is 0 Å². The molecule has 0 aliphatic heterocycles. The Morgan fingerprint density at radius 1 is 1.45 bits per heavy atom. The molecule has 0 aliphatic rings. The zero-order valence-electron chi connectivity index (χ0n) is 6.39. The first-order valence-corrected chi connectivity index (χ1v) is 3.56. The molecule has 1 aromatic carbocycles. The van der Waals surface area contributed by atoms with Crippen LogP contribution in [0.5, 0.6) is 11.5 Å². The summed E-state index contributed by atoms with van der Waals surface area (Å²) in [5.74, 6) is 0.695. The van der Waals surface area contributed by atoms with Gasteiger partial charge in [-0.1, -0.05) is 11.6 Å². The van der Waals surface area contributed by atoms with Crippen molar-refractivity contribution in [3.8, 4) is 11.5 Å². The van der Waals surface area contributed by atoms with Crippen molar-refractivity contribution >= 4 is 11.6 Å². The molecule has 60 valence electrons. The molecule has 0 bridgehead atoms. The van der Waals surface area contributed by atoms with Crippen LogP contribution in [-0.4, -0.2) is 12.2 Å². The minimum Gasteiger partial charge on any atom is -0.508 e. The SMILES string of the molecule is COc1cc(O)c(C)cc1Cl. The van der Waals surface area contributed by atoms with Gasteiger partial charge in [0.15, 0.2) is 0 Å². The highest BCUT2D eigenvalue weighted by Crippen LogP contribution is 2.30. The van der Waals surface area contributed by atoms with E-state index in [1.807, 2.05) is 0 Å². The topological polar surface area (TPSA) is 29.5 Å². The van der Waals surface area contributed by atoms with Gasteiger partial charge in [-0.05, 0) is 18.6 Å². The van der Waals surface area contributed by atoms with E-state index in [1.165, 1.54) is 13.2 Å². The summed E-state index contributed by atoms with van der Waals surface area (Å²) in [7, 11) is 1.51. The molecule has 3 heteroatoms. The zero-order chi connectivity index (χ0) is 8.43. The molecular formula is C8H9ClO2. The summed E-state index contributed by atoms with van der Waals surface area (Å²) < 4.78 is 4.89. The second kappa shape index (κ2) is 3.01. The highest BCUT2D eigenvalue weighted by atomic mass is 35.5. The number of halogens is 1. The van der Waals surface area contributed by atoms with Crippen LogP contribution in [0.4, 0.5) is 0 Å². The molecule has 11 heavy (non-hydrogen) atoms. The lowest BCUT2D eigenvalue weighted by molar-refractivity contribution is 0.407. The number of rotatable bonds is 1. The molecule has 0 atom stereocenters. The molecule has 0 aliphatic carbocycles. The number of phenols is 1. The summed E-state index contributed by atoms with van der Waals surface area (Å²) in [6.07, 6.45) is 0. The van der Waals surface area contributed by atoms with Crippen molar-refractivity contribution in [1.82, 2.24) is 0 Å². The van der Waals surface area contributed by atoms with Crippen molar-refractivity contribution in [3.63, 3.8) is 0 Å². The van der Waals surface area contributed by atoms with Crippen LogP contribution in [0.15, 0.2) is 12.1 Å². The maximum absolute atomic E-state index is 9.22. The molecule has 1 rings (SSSR count). The fraction of sp³-hybridized carbons (Fsp3) is 0.250. The molecule has 0 unspecified atom stereocenters. The molecule has 0 amide bonds. The van der Waals surface area contributed by atoms with E-state index >= 15 is 0 Å². The second-order valence-corrected chi connectivity index (χ2v) is 2.68. The number of aromatic hydroxyl groups is 1. The number of hydrogen-bond donors (Lipinski definition) is 1. The largest absolute Gasteiger partial charge is 0.508 e. The number of aryl methyl sites for hydroxylation is 1. The number of ether oxygens (including phenoxy) is 1. The molecular weight excluding hydrogens is 164 g/mol. The summed E-state index contributed by atoms with van der Waals surface area (Å²) in [6.45, 7) is 1.78. The predicted octanol–water partition coefficient (Wildman–Crippen LogP) is 2.36. The van der Waals surface area contributed by atoms with Gasteiger partial charge < -0.3 is 9.84 Å². The van der Waals surface area contributed by atoms with Gasteiger partial charge in [0.25, 0.3) is 0 Å². The monoisotopic (exact) mass is 172 g/mol. The fourth-order valence-electron chi connectivity index (χ4n) is 0.799. The third kappa shape index (κ3) is 1.57. The molecule has 1 aromatic rings. The highest BCUT2D eigenvalue weighted by Gasteiger charge is 2.03. The third-order valence-electron chi connectivity index (χ3n) is 1.47. The van der Waals surface area contributed by atoms with Crippen LogP contribution in [0.2, 0.25) is 5.02 Å². The van der Waals surface area contributed by atoms with E-state index in [0.717, 1.165) is 5.56 Å². The summed E-state index contributed by atoms with van der Waals surface area (Å²) in [5, 5.41) is 9.73. The Labute approximate surface area is 70.4 Å². The first kappa shape index (κ1) is 8.21. The van der Waals surface area contributed by atoms with Crippen molar-refractivity contribution in [1.29, 1.82) is 0 Å². The molecule has 0 saturated heterocycles. The number of benzene rings is 1. The molecule has 2 nitrogen and oxygen atoms in total. The standard InChI is InChI=1S/C8H9ClO2/c1-5-3-6(9)8(11-2)4-7(5)10/h3-4,10H,1-2H3. The predicted molar refractivity (Wildman–Crippen MR) is 44.4 cm³/mol. The smallest absolute Gasteiger partial charge is 0.141 e. The van der Waals surface area contributed by atoms with Crippen molar-refractivity contribution in [2.75, 3.05) is 7.11 Å². The maximum atomic E-state index is 9.22. The first-order chi connectivity index (χ1) is 5.15. The average molecular weight is 173 g/mol. The third-order valence-corrected chi connectivity index (χ3v) is 1.77. The normalized spacial score (nSPS) is 9.73. The Hall–Kier alpha value is -0.890. The molecule has 0 aromatic heterocycles. The van der Waals surface area contributed by atoms with E-state index in [0.29, 0.717) is 10.8 Å². The number of hydrogen-bond acceptors (Lipinski definition) is 2. The Bertz CT molecular complexity index is 271. The minimum absolute atomic E-state index is 0.200. The van der Waals surface area contributed by atoms with Gasteiger partial charge in [-0.15, -0.1) is 0 Å². The molecule has 0 heterocycles. The lowest BCUT2D eigenvalue weighted by atomic mass is 10.2. The van der Waals surface area contributed by atoms with Gasteiger partial charge >= 0.3 is 0 Å². The molecule has 1 N–H and O–H groups in total. The van der Waals surface area contributed by atoms with E-state index in [9.17, 15) is 5.11 Å². The van der Waals surface area contributed by atoms with Gasteiger partial charge in [-0.2, -0.15) is 0 Å². The minimum atomic E-state index is 0.200. The quantitative estimate of drug-likeness (QED) is 0.705. The van der Waals surface area contributed by atoms with Crippen molar-refractivity contribution in [3.05, 3.63) is 22.7 Å². The Morgan fingerprint density at radius 2 is 2.09 bits per heavy atom. The Morgan fingerprint density at radius 3 is 2.64 bits per heavy atom. The van der Waals surface area contributed by atoms with Crippen LogP contribution >= 0.6 is 11.6 Å². The van der Waals surface area contributed by atoms with E-state index in [-0.39, 0.29) is 5.75 Å². The van der Waals surface area contributed by atoms with Crippen molar-refractivity contribution in [2.24, 2.45) is 0 Å².